The minimum absolute atomic E-state index is 0.0244. The molecule has 1 heterocycles. The molecule has 31 heavy (non-hydrogen) atoms. The first-order chi connectivity index (χ1) is 14.6. The van der Waals surface area contributed by atoms with Crippen molar-refractivity contribution in [3.8, 4) is 0 Å². The number of ether oxygens (including phenoxy) is 1. The summed E-state index contributed by atoms with van der Waals surface area (Å²) in [6, 6.07) is 5.25. The van der Waals surface area contributed by atoms with Crippen LogP contribution >= 0.6 is 0 Å². The topological polar surface area (TPSA) is 121 Å². The number of nitrogens with one attached hydrogen (secondary N) is 3. The fourth-order valence-corrected chi connectivity index (χ4v) is 2.63. The SMILES string of the molecule is COC(=O)[C@@H](CC(C)C)Nc1nc(NCC(C)(C)CO)nc(Nc2cccc(F)c2)n1. The molecule has 0 saturated heterocycles. The largest absolute Gasteiger partial charge is 0.467 e. The van der Waals surface area contributed by atoms with Gasteiger partial charge in [0, 0.05) is 24.3 Å². The zero-order valence-corrected chi connectivity index (χ0v) is 18.6. The van der Waals surface area contributed by atoms with Crippen LogP contribution in [0.25, 0.3) is 0 Å². The Labute approximate surface area is 181 Å². The average Bonchev–Trinajstić information content (AvgIpc) is 2.71. The number of halogens is 1. The Hall–Kier alpha value is -3.01. The van der Waals surface area contributed by atoms with Crippen LogP contribution in [0.2, 0.25) is 0 Å². The highest BCUT2D eigenvalue weighted by Gasteiger charge is 2.23. The average molecular weight is 435 g/mol. The second-order valence-electron chi connectivity index (χ2n) is 8.47. The molecule has 0 fully saturated rings. The summed E-state index contributed by atoms with van der Waals surface area (Å²) >= 11 is 0. The maximum atomic E-state index is 13.5. The second-order valence-corrected chi connectivity index (χ2v) is 8.47. The Kier molecular flexibility index (Phi) is 8.49. The van der Waals surface area contributed by atoms with Crippen LogP contribution in [-0.4, -0.2) is 52.3 Å². The molecule has 1 aromatic heterocycles. The van der Waals surface area contributed by atoms with Gasteiger partial charge in [0.2, 0.25) is 17.8 Å². The number of hydrogen-bond acceptors (Lipinski definition) is 9. The predicted molar refractivity (Wildman–Crippen MR) is 118 cm³/mol. The molecule has 0 unspecified atom stereocenters. The van der Waals surface area contributed by atoms with Gasteiger partial charge in [-0.1, -0.05) is 33.8 Å². The molecule has 10 heteroatoms. The molecule has 0 radical (unpaired) electrons. The van der Waals surface area contributed by atoms with E-state index in [9.17, 15) is 14.3 Å². The Morgan fingerprint density at radius 3 is 2.48 bits per heavy atom. The van der Waals surface area contributed by atoms with Crippen LogP contribution in [-0.2, 0) is 9.53 Å². The highest BCUT2D eigenvalue weighted by atomic mass is 19.1. The van der Waals surface area contributed by atoms with Gasteiger partial charge in [-0.05, 0) is 30.5 Å². The molecule has 0 aliphatic carbocycles. The van der Waals surface area contributed by atoms with Crippen LogP contribution in [0.1, 0.15) is 34.1 Å². The lowest BCUT2D eigenvalue weighted by molar-refractivity contribution is -0.141. The molecule has 0 amide bonds. The van der Waals surface area contributed by atoms with Crippen molar-refractivity contribution in [3.05, 3.63) is 30.1 Å². The summed E-state index contributed by atoms with van der Waals surface area (Å²) < 4.78 is 18.4. The van der Waals surface area contributed by atoms with E-state index in [1.165, 1.54) is 19.2 Å². The van der Waals surface area contributed by atoms with E-state index >= 15 is 0 Å². The molecular formula is C21H31FN6O3. The molecule has 1 aromatic carbocycles. The summed E-state index contributed by atoms with van der Waals surface area (Å²) in [4.78, 5) is 25.2. The van der Waals surface area contributed by atoms with Crippen molar-refractivity contribution in [2.75, 3.05) is 36.2 Å². The van der Waals surface area contributed by atoms with Gasteiger partial charge in [0.05, 0.1) is 7.11 Å². The van der Waals surface area contributed by atoms with Crippen molar-refractivity contribution < 1.29 is 19.0 Å². The van der Waals surface area contributed by atoms with E-state index in [1.807, 2.05) is 27.7 Å². The van der Waals surface area contributed by atoms with Gasteiger partial charge in [-0.15, -0.1) is 0 Å². The van der Waals surface area contributed by atoms with Crippen molar-refractivity contribution in [3.63, 3.8) is 0 Å². The highest BCUT2D eigenvalue weighted by Crippen LogP contribution is 2.20. The quantitative estimate of drug-likeness (QED) is 0.395. The Balaban J connectivity index is 2.33. The number of rotatable bonds is 11. The van der Waals surface area contributed by atoms with Crippen LogP contribution in [0.3, 0.4) is 0 Å². The van der Waals surface area contributed by atoms with E-state index in [1.54, 1.807) is 12.1 Å². The van der Waals surface area contributed by atoms with Crippen molar-refractivity contribution >= 4 is 29.5 Å². The number of aromatic nitrogens is 3. The Morgan fingerprint density at radius 1 is 1.19 bits per heavy atom. The van der Waals surface area contributed by atoms with E-state index in [4.69, 9.17) is 4.74 Å². The van der Waals surface area contributed by atoms with Crippen LogP contribution in [0.5, 0.6) is 0 Å². The van der Waals surface area contributed by atoms with Gasteiger partial charge in [0.15, 0.2) is 0 Å². The maximum Gasteiger partial charge on any atom is 0.328 e. The third-order valence-electron chi connectivity index (χ3n) is 4.37. The fraction of sp³-hybridized carbons (Fsp3) is 0.524. The number of aliphatic hydroxyl groups excluding tert-OH is 1. The van der Waals surface area contributed by atoms with Gasteiger partial charge in [0.1, 0.15) is 11.9 Å². The molecule has 0 bridgehead atoms. The van der Waals surface area contributed by atoms with Gasteiger partial charge in [0.25, 0.3) is 0 Å². The number of benzene rings is 1. The van der Waals surface area contributed by atoms with E-state index in [-0.39, 0.29) is 30.4 Å². The van der Waals surface area contributed by atoms with Crippen molar-refractivity contribution in [2.45, 2.75) is 40.2 Å². The highest BCUT2D eigenvalue weighted by molar-refractivity contribution is 5.78. The van der Waals surface area contributed by atoms with Crippen LogP contribution in [0.4, 0.5) is 27.9 Å². The summed E-state index contributed by atoms with van der Waals surface area (Å²) in [6.07, 6.45) is 0.519. The number of nitrogens with zero attached hydrogens (tertiary/aromatic N) is 3. The molecule has 4 N–H and O–H groups in total. The second kappa shape index (κ2) is 10.9. The molecule has 9 nitrogen and oxygen atoms in total. The lowest BCUT2D eigenvalue weighted by Crippen LogP contribution is -2.33. The summed E-state index contributed by atoms with van der Waals surface area (Å²) in [5, 5.41) is 18.5. The normalized spacial score (nSPS) is 12.4. The first kappa shape index (κ1) is 24.3. The molecule has 170 valence electrons. The molecule has 2 aromatic rings. The molecule has 0 aliphatic heterocycles. The van der Waals surface area contributed by atoms with E-state index < -0.39 is 23.2 Å². The molecule has 1 atom stereocenters. The zero-order valence-electron chi connectivity index (χ0n) is 18.6. The van der Waals surface area contributed by atoms with E-state index in [0.29, 0.717) is 18.7 Å². The number of anilines is 4. The summed E-state index contributed by atoms with van der Waals surface area (Å²) in [5.74, 6) is -0.0278. The maximum absolute atomic E-state index is 13.5. The zero-order chi connectivity index (χ0) is 23.0. The number of esters is 1. The van der Waals surface area contributed by atoms with Gasteiger partial charge in [-0.3, -0.25) is 0 Å². The lowest BCUT2D eigenvalue weighted by atomic mass is 9.95. The van der Waals surface area contributed by atoms with Gasteiger partial charge in [-0.2, -0.15) is 15.0 Å². The molecule has 2 rings (SSSR count). The van der Waals surface area contributed by atoms with Gasteiger partial charge >= 0.3 is 5.97 Å². The lowest BCUT2D eigenvalue weighted by Gasteiger charge is -2.22. The monoisotopic (exact) mass is 434 g/mol. The number of hydrogen-bond donors (Lipinski definition) is 4. The van der Waals surface area contributed by atoms with Crippen molar-refractivity contribution in [1.82, 2.24) is 15.0 Å². The summed E-state index contributed by atoms with van der Waals surface area (Å²) in [5.41, 5.74) is 0.0632. The fourth-order valence-electron chi connectivity index (χ4n) is 2.63. The van der Waals surface area contributed by atoms with Gasteiger partial charge in [-0.25, -0.2) is 9.18 Å². The third kappa shape index (κ3) is 7.97. The minimum Gasteiger partial charge on any atom is -0.467 e. The van der Waals surface area contributed by atoms with Crippen LogP contribution < -0.4 is 16.0 Å². The van der Waals surface area contributed by atoms with E-state index in [0.717, 1.165) is 0 Å². The van der Waals surface area contributed by atoms with Crippen molar-refractivity contribution in [1.29, 1.82) is 0 Å². The number of aliphatic hydroxyl groups is 1. The minimum atomic E-state index is -0.642. The number of carbonyl (C=O) groups excluding carboxylic acids is 1. The Bertz CT molecular complexity index is 878. The van der Waals surface area contributed by atoms with Crippen LogP contribution in [0, 0.1) is 17.2 Å². The standard InChI is InChI=1S/C21H31FN6O3/c1-13(2)9-16(17(30)31-5)25-20-27-18(23-11-21(3,4)12-29)26-19(28-20)24-15-8-6-7-14(22)10-15/h6-8,10,13,16,29H,9,11-12H2,1-5H3,(H3,23,24,25,26,27,28)/t16-/m1/s1. The van der Waals surface area contributed by atoms with Crippen LogP contribution in [0.15, 0.2) is 24.3 Å². The number of carbonyl (C=O) groups is 1. The molecule has 0 spiro atoms. The molecule has 0 aliphatic rings. The summed E-state index contributed by atoms with van der Waals surface area (Å²) in [6.45, 7) is 8.14. The number of methoxy groups -OCH3 is 1. The first-order valence-electron chi connectivity index (χ1n) is 10.1. The van der Waals surface area contributed by atoms with Crippen molar-refractivity contribution in [2.24, 2.45) is 11.3 Å². The van der Waals surface area contributed by atoms with E-state index in [2.05, 4.69) is 30.9 Å². The first-order valence-corrected chi connectivity index (χ1v) is 10.1. The predicted octanol–water partition coefficient (Wildman–Crippen LogP) is 3.18. The third-order valence-corrected chi connectivity index (χ3v) is 4.37. The smallest absolute Gasteiger partial charge is 0.328 e. The van der Waals surface area contributed by atoms with Gasteiger partial charge < -0.3 is 25.8 Å². The summed E-state index contributed by atoms with van der Waals surface area (Å²) in [7, 11) is 1.33. The Morgan fingerprint density at radius 2 is 1.87 bits per heavy atom. The molecule has 0 saturated carbocycles. The molecular weight excluding hydrogens is 403 g/mol.